The Labute approximate surface area is 113 Å². The Balaban J connectivity index is 2.17. The van der Waals surface area contributed by atoms with Crippen LogP contribution in [-0.4, -0.2) is 14.9 Å². The Kier molecular flexibility index (Phi) is 3.15. The van der Waals surface area contributed by atoms with Gasteiger partial charge >= 0.3 is 0 Å². The van der Waals surface area contributed by atoms with Gasteiger partial charge in [-0.05, 0) is 49.8 Å². The lowest BCUT2D eigenvalue weighted by molar-refractivity contribution is 0.0608. The van der Waals surface area contributed by atoms with Gasteiger partial charge in [0, 0.05) is 12.7 Å². The van der Waals surface area contributed by atoms with E-state index in [9.17, 15) is 5.11 Å². The van der Waals surface area contributed by atoms with Crippen molar-refractivity contribution in [1.29, 1.82) is 0 Å². The summed E-state index contributed by atoms with van der Waals surface area (Å²) in [6.45, 7) is 2.84. The third-order valence-electron chi connectivity index (χ3n) is 4.14. The van der Waals surface area contributed by atoms with E-state index in [1.807, 2.05) is 16.8 Å². The van der Waals surface area contributed by atoms with E-state index in [0.29, 0.717) is 0 Å². The first-order valence-electron chi connectivity index (χ1n) is 7.09. The largest absolute Gasteiger partial charge is 0.379 e. The third kappa shape index (κ3) is 1.98. The average molecular weight is 256 g/mol. The molecule has 1 N–H and O–H groups in total. The molecule has 1 heterocycles. The molecule has 1 atom stereocenters. The van der Waals surface area contributed by atoms with E-state index in [4.69, 9.17) is 0 Å². The number of aryl methyl sites for hydroxylation is 2. The molecule has 0 aliphatic heterocycles. The van der Waals surface area contributed by atoms with E-state index in [0.717, 1.165) is 43.5 Å². The van der Waals surface area contributed by atoms with Crippen LogP contribution in [0.5, 0.6) is 0 Å². The van der Waals surface area contributed by atoms with E-state index in [-0.39, 0.29) is 0 Å². The molecular weight excluding hydrogens is 236 g/mol. The molecule has 0 bridgehead atoms. The fourth-order valence-corrected chi connectivity index (χ4v) is 3.17. The van der Waals surface area contributed by atoms with Gasteiger partial charge in [0.05, 0.1) is 5.69 Å². The van der Waals surface area contributed by atoms with Gasteiger partial charge in [-0.25, -0.2) is 0 Å². The number of benzene rings is 1. The summed E-state index contributed by atoms with van der Waals surface area (Å²) >= 11 is 0. The summed E-state index contributed by atoms with van der Waals surface area (Å²) in [7, 11) is 0. The Hall–Kier alpha value is -1.61. The van der Waals surface area contributed by atoms with Crippen molar-refractivity contribution in [2.45, 2.75) is 44.8 Å². The van der Waals surface area contributed by atoms with Crippen LogP contribution in [0.4, 0.5) is 0 Å². The summed E-state index contributed by atoms with van der Waals surface area (Å²) in [4.78, 5) is 0. The molecule has 2 aromatic rings. The van der Waals surface area contributed by atoms with Crippen molar-refractivity contribution >= 4 is 0 Å². The van der Waals surface area contributed by atoms with Crippen LogP contribution in [-0.2, 0) is 18.6 Å². The van der Waals surface area contributed by atoms with Crippen LogP contribution in [0.1, 0.15) is 43.0 Å². The van der Waals surface area contributed by atoms with E-state index in [1.165, 1.54) is 5.56 Å². The zero-order valence-corrected chi connectivity index (χ0v) is 11.3. The highest BCUT2D eigenvalue weighted by Crippen LogP contribution is 2.39. The quantitative estimate of drug-likeness (QED) is 0.839. The molecule has 100 valence electrons. The molecule has 19 heavy (non-hydrogen) atoms. The number of hydrogen-bond donors (Lipinski definition) is 1. The van der Waals surface area contributed by atoms with Gasteiger partial charge in [-0.1, -0.05) is 24.3 Å². The molecule has 0 saturated carbocycles. The standard InChI is InChI=1S/C16H20N2O/c1-2-18-15(10-12-17-18)16(19)11-6-5-8-13-7-3-4-9-14(13)16/h3-4,7,9-10,12,19H,2,5-6,8,11H2,1H3. The topological polar surface area (TPSA) is 38.0 Å². The lowest BCUT2D eigenvalue weighted by Gasteiger charge is -2.29. The van der Waals surface area contributed by atoms with Crippen LogP contribution in [0.2, 0.25) is 0 Å². The maximum absolute atomic E-state index is 11.3. The Morgan fingerprint density at radius 1 is 1.26 bits per heavy atom. The first-order valence-corrected chi connectivity index (χ1v) is 7.09. The van der Waals surface area contributed by atoms with E-state index in [1.54, 1.807) is 6.20 Å². The molecule has 0 amide bonds. The number of aliphatic hydroxyl groups is 1. The first kappa shape index (κ1) is 12.4. The van der Waals surface area contributed by atoms with Gasteiger partial charge in [-0.2, -0.15) is 5.10 Å². The Bertz CT molecular complexity index is 576. The lowest BCUT2D eigenvalue weighted by atomic mass is 9.85. The van der Waals surface area contributed by atoms with Crippen LogP contribution in [0.3, 0.4) is 0 Å². The van der Waals surface area contributed by atoms with E-state index >= 15 is 0 Å². The van der Waals surface area contributed by atoms with Gasteiger partial charge in [0.2, 0.25) is 0 Å². The summed E-state index contributed by atoms with van der Waals surface area (Å²) in [5.74, 6) is 0. The molecule has 1 unspecified atom stereocenters. The van der Waals surface area contributed by atoms with Crippen molar-refractivity contribution < 1.29 is 5.11 Å². The zero-order valence-electron chi connectivity index (χ0n) is 11.3. The smallest absolute Gasteiger partial charge is 0.131 e. The van der Waals surface area contributed by atoms with Crippen molar-refractivity contribution in [3.05, 3.63) is 53.3 Å². The fraction of sp³-hybridized carbons (Fsp3) is 0.438. The molecular formula is C16H20N2O. The Morgan fingerprint density at radius 2 is 2.11 bits per heavy atom. The minimum atomic E-state index is -0.889. The highest BCUT2D eigenvalue weighted by molar-refractivity contribution is 5.39. The van der Waals surface area contributed by atoms with Gasteiger partial charge in [0.25, 0.3) is 0 Å². The van der Waals surface area contributed by atoms with Gasteiger partial charge in [0.1, 0.15) is 5.60 Å². The van der Waals surface area contributed by atoms with Crippen LogP contribution >= 0.6 is 0 Å². The molecule has 0 saturated heterocycles. The number of nitrogens with zero attached hydrogens (tertiary/aromatic N) is 2. The number of rotatable bonds is 2. The maximum atomic E-state index is 11.3. The van der Waals surface area contributed by atoms with Crippen LogP contribution in [0, 0.1) is 0 Å². The number of aromatic nitrogens is 2. The highest BCUT2D eigenvalue weighted by atomic mass is 16.3. The number of fused-ring (bicyclic) bond motifs is 1. The van der Waals surface area contributed by atoms with E-state index < -0.39 is 5.60 Å². The monoisotopic (exact) mass is 256 g/mol. The van der Waals surface area contributed by atoms with Gasteiger partial charge in [-0.15, -0.1) is 0 Å². The molecule has 3 heteroatoms. The van der Waals surface area contributed by atoms with Gasteiger partial charge in [-0.3, -0.25) is 4.68 Å². The SMILES string of the molecule is CCn1nccc1C1(O)CCCCc2ccccc21. The molecule has 0 fully saturated rings. The molecule has 3 rings (SSSR count). The lowest BCUT2D eigenvalue weighted by Crippen LogP contribution is -2.30. The second-order valence-electron chi connectivity index (χ2n) is 5.26. The minimum Gasteiger partial charge on any atom is -0.379 e. The molecule has 0 radical (unpaired) electrons. The third-order valence-corrected chi connectivity index (χ3v) is 4.14. The fourth-order valence-electron chi connectivity index (χ4n) is 3.17. The first-order chi connectivity index (χ1) is 9.25. The van der Waals surface area contributed by atoms with Crippen LogP contribution in [0.25, 0.3) is 0 Å². The average Bonchev–Trinajstić information content (AvgIpc) is 2.86. The zero-order chi connectivity index (χ0) is 13.3. The molecule has 3 nitrogen and oxygen atoms in total. The second-order valence-corrected chi connectivity index (χ2v) is 5.26. The van der Waals surface area contributed by atoms with Crippen LogP contribution < -0.4 is 0 Å². The second kappa shape index (κ2) is 4.82. The number of hydrogen-bond acceptors (Lipinski definition) is 2. The van der Waals surface area contributed by atoms with Crippen molar-refractivity contribution in [2.24, 2.45) is 0 Å². The summed E-state index contributed by atoms with van der Waals surface area (Å²) in [5, 5.41) is 15.6. The van der Waals surface area contributed by atoms with Crippen molar-refractivity contribution in [2.75, 3.05) is 0 Å². The molecule has 1 aromatic heterocycles. The predicted octanol–water partition coefficient (Wildman–Crippen LogP) is 2.87. The van der Waals surface area contributed by atoms with E-state index in [2.05, 4.69) is 30.2 Å². The molecule has 0 spiro atoms. The normalized spacial score (nSPS) is 22.8. The summed E-state index contributed by atoms with van der Waals surface area (Å²) < 4.78 is 1.90. The van der Waals surface area contributed by atoms with Crippen LogP contribution in [0.15, 0.2) is 36.5 Å². The molecule has 1 aromatic carbocycles. The molecule has 1 aliphatic carbocycles. The van der Waals surface area contributed by atoms with Crippen molar-refractivity contribution in [3.63, 3.8) is 0 Å². The maximum Gasteiger partial charge on any atom is 0.131 e. The summed E-state index contributed by atoms with van der Waals surface area (Å²) in [5.41, 5.74) is 2.36. The summed E-state index contributed by atoms with van der Waals surface area (Å²) in [6.07, 6.45) is 5.79. The summed E-state index contributed by atoms with van der Waals surface area (Å²) in [6, 6.07) is 10.2. The van der Waals surface area contributed by atoms with Gasteiger partial charge < -0.3 is 5.11 Å². The minimum absolute atomic E-state index is 0.774. The Morgan fingerprint density at radius 3 is 2.95 bits per heavy atom. The van der Waals surface area contributed by atoms with Crippen molar-refractivity contribution in [1.82, 2.24) is 9.78 Å². The van der Waals surface area contributed by atoms with Crippen molar-refractivity contribution in [3.8, 4) is 0 Å². The van der Waals surface area contributed by atoms with Gasteiger partial charge in [0.15, 0.2) is 0 Å². The highest BCUT2D eigenvalue weighted by Gasteiger charge is 2.37. The molecule has 1 aliphatic rings. The predicted molar refractivity (Wildman–Crippen MR) is 74.9 cm³/mol.